The van der Waals surface area contributed by atoms with Gasteiger partial charge in [-0.2, -0.15) is 5.10 Å². The van der Waals surface area contributed by atoms with Crippen molar-refractivity contribution in [2.45, 2.75) is 26.8 Å². The first kappa shape index (κ1) is 27.2. The molecule has 2 aromatic carbocycles. The van der Waals surface area contributed by atoms with E-state index in [1.165, 1.54) is 16.7 Å². The molecule has 0 bridgehead atoms. The highest BCUT2D eigenvalue weighted by molar-refractivity contribution is 7.70. The van der Waals surface area contributed by atoms with Crippen molar-refractivity contribution in [2.24, 2.45) is 13.0 Å². The first-order valence-electron chi connectivity index (χ1n) is 12.0. The molecule has 38 heavy (non-hydrogen) atoms. The third-order valence-electron chi connectivity index (χ3n) is 5.83. The highest BCUT2D eigenvalue weighted by Gasteiger charge is 2.18. The summed E-state index contributed by atoms with van der Waals surface area (Å²) in [6.07, 6.45) is 5.59. The maximum atomic E-state index is 14.5. The fraction of sp³-hybridized carbons (Fsp3) is 0.259. The third-order valence-corrected chi connectivity index (χ3v) is 6.31. The van der Waals surface area contributed by atoms with Gasteiger partial charge in [-0.15, -0.1) is 0 Å². The Hall–Kier alpha value is -3.83. The molecule has 0 aliphatic heterocycles. The van der Waals surface area contributed by atoms with Crippen LogP contribution >= 0.6 is 0 Å². The molecule has 0 aliphatic carbocycles. The van der Waals surface area contributed by atoms with Crippen LogP contribution in [0.25, 0.3) is 22.3 Å². The van der Waals surface area contributed by atoms with Gasteiger partial charge in [0.05, 0.1) is 6.20 Å². The normalized spacial score (nSPS) is 11.4. The average Bonchev–Trinajstić information content (AvgIpc) is 3.30. The molecule has 0 amide bonds. The van der Waals surface area contributed by atoms with Crippen LogP contribution in [0.5, 0.6) is 11.5 Å². The van der Waals surface area contributed by atoms with Crippen LogP contribution in [0.3, 0.4) is 0 Å². The van der Waals surface area contributed by atoms with Gasteiger partial charge in [0.15, 0.2) is 11.6 Å². The van der Waals surface area contributed by atoms with Crippen molar-refractivity contribution in [3.63, 3.8) is 0 Å². The van der Waals surface area contributed by atoms with Crippen LogP contribution in [0.1, 0.15) is 19.4 Å². The summed E-state index contributed by atoms with van der Waals surface area (Å²) < 4.78 is 61.3. The second-order valence-electron chi connectivity index (χ2n) is 9.32. The molecule has 0 saturated carbocycles. The maximum absolute atomic E-state index is 14.5. The van der Waals surface area contributed by atoms with Crippen molar-refractivity contribution in [1.82, 2.24) is 19.1 Å². The molecule has 4 aromatic rings. The Morgan fingerprint density at radius 3 is 2.47 bits per heavy atom. The number of aromatic nitrogens is 3. The smallest absolute Gasteiger partial charge is 0.250 e. The Kier molecular flexibility index (Phi) is 8.38. The van der Waals surface area contributed by atoms with E-state index in [1.807, 2.05) is 6.20 Å². The number of benzene rings is 2. The van der Waals surface area contributed by atoms with Crippen molar-refractivity contribution < 1.29 is 21.9 Å². The lowest BCUT2D eigenvalue weighted by Crippen LogP contribution is -2.16. The highest BCUT2D eigenvalue weighted by atomic mass is 32.2. The van der Waals surface area contributed by atoms with Crippen molar-refractivity contribution in [1.29, 1.82) is 0 Å². The third kappa shape index (κ3) is 6.53. The number of ether oxygens (including phenoxy) is 1. The van der Waals surface area contributed by atoms with Crippen molar-refractivity contribution >= 4 is 10.9 Å². The standard InChI is InChI=1S/C27H28F2N4O4S/c1-17(2)14-33-15-19(13-30-33)21-12-27(34)32(3)16-23(21)22-10-18(8-9-31-38(35)36)4-6-25(22)37-26-7-5-20(28)11-24(26)29/h4-7,10-13,15-17,38H,8-9,14H2,1-3H3,(H,31,35,36). The van der Waals surface area contributed by atoms with Crippen LogP contribution in [-0.2, 0) is 30.9 Å². The highest BCUT2D eigenvalue weighted by Crippen LogP contribution is 2.39. The predicted molar refractivity (Wildman–Crippen MR) is 142 cm³/mol. The molecule has 0 fully saturated rings. The van der Waals surface area contributed by atoms with Gasteiger partial charge < -0.3 is 9.30 Å². The lowest BCUT2D eigenvalue weighted by Gasteiger charge is -2.17. The Labute approximate surface area is 220 Å². The van der Waals surface area contributed by atoms with Gasteiger partial charge in [0.25, 0.3) is 5.56 Å². The van der Waals surface area contributed by atoms with Crippen molar-refractivity contribution in [3.8, 4) is 33.8 Å². The number of hydrogen-bond donors (Lipinski definition) is 2. The minimum atomic E-state index is -2.74. The van der Waals surface area contributed by atoms with Gasteiger partial charge in [-0.25, -0.2) is 21.9 Å². The van der Waals surface area contributed by atoms with E-state index in [0.717, 1.165) is 17.7 Å². The van der Waals surface area contributed by atoms with Crippen LogP contribution < -0.4 is 15.0 Å². The second kappa shape index (κ2) is 11.7. The molecule has 0 aliphatic rings. The number of halogens is 2. The second-order valence-corrected chi connectivity index (χ2v) is 10.1. The number of rotatable bonds is 10. The Balaban J connectivity index is 1.86. The van der Waals surface area contributed by atoms with Gasteiger partial charge in [-0.3, -0.25) is 9.48 Å². The summed E-state index contributed by atoms with van der Waals surface area (Å²) in [4.78, 5) is 12.7. The molecule has 11 heteroatoms. The molecule has 0 saturated heterocycles. The van der Waals surface area contributed by atoms with E-state index in [1.54, 1.807) is 42.3 Å². The minimum absolute atomic E-state index is 0.165. The summed E-state index contributed by atoms with van der Waals surface area (Å²) in [7, 11) is -1.11. The number of nitrogens with one attached hydrogen (secondary N) is 1. The zero-order valence-electron chi connectivity index (χ0n) is 21.1. The SMILES string of the molecule is CC(C)Cn1cc(-c2cc(=O)n(C)cc2-c2cc(CCN[SH](=O)=O)ccc2Oc2ccc(F)cc2F)cn1. The zero-order valence-corrected chi connectivity index (χ0v) is 22.0. The molecule has 0 unspecified atom stereocenters. The number of nitrogens with zero attached hydrogens (tertiary/aromatic N) is 3. The van der Waals surface area contributed by atoms with E-state index >= 15 is 0 Å². The summed E-state index contributed by atoms with van der Waals surface area (Å²) in [5, 5.41) is 4.43. The van der Waals surface area contributed by atoms with Gasteiger partial charge in [-0.05, 0) is 47.7 Å². The predicted octanol–water partition coefficient (Wildman–Crippen LogP) is 4.30. The number of aryl methyl sites for hydroxylation is 1. The van der Waals surface area contributed by atoms with Crippen molar-refractivity contribution in [2.75, 3.05) is 6.54 Å². The number of thiol groups is 1. The van der Waals surface area contributed by atoms with Crippen LogP contribution in [-0.4, -0.2) is 29.3 Å². The van der Waals surface area contributed by atoms with E-state index in [2.05, 4.69) is 23.7 Å². The molecule has 0 atom stereocenters. The largest absolute Gasteiger partial charge is 0.454 e. The first-order valence-corrected chi connectivity index (χ1v) is 13.2. The number of pyridine rings is 1. The van der Waals surface area contributed by atoms with E-state index in [0.29, 0.717) is 41.1 Å². The van der Waals surface area contributed by atoms with E-state index < -0.39 is 22.5 Å². The molecule has 4 rings (SSSR count). The van der Waals surface area contributed by atoms with Gasteiger partial charge in [0, 0.05) is 61.4 Å². The molecule has 2 heterocycles. The lowest BCUT2D eigenvalue weighted by atomic mass is 9.95. The zero-order chi connectivity index (χ0) is 27.4. The monoisotopic (exact) mass is 542 g/mol. The molecule has 200 valence electrons. The molecule has 2 aromatic heterocycles. The lowest BCUT2D eigenvalue weighted by molar-refractivity contribution is 0.439. The van der Waals surface area contributed by atoms with Gasteiger partial charge >= 0.3 is 0 Å². The maximum Gasteiger partial charge on any atom is 0.250 e. The van der Waals surface area contributed by atoms with E-state index in [4.69, 9.17) is 4.74 Å². The van der Waals surface area contributed by atoms with Gasteiger partial charge in [-0.1, -0.05) is 19.9 Å². The summed E-state index contributed by atoms with van der Waals surface area (Å²) in [5.41, 5.74) is 3.04. The molecule has 8 nitrogen and oxygen atoms in total. The quantitative estimate of drug-likeness (QED) is 0.292. The number of hydrogen-bond acceptors (Lipinski definition) is 5. The first-order chi connectivity index (χ1) is 18.1. The minimum Gasteiger partial charge on any atom is -0.454 e. The molecular weight excluding hydrogens is 514 g/mol. The average molecular weight is 543 g/mol. The Morgan fingerprint density at radius 2 is 1.76 bits per heavy atom. The van der Waals surface area contributed by atoms with Crippen molar-refractivity contribution in [3.05, 3.63) is 88.6 Å². The van der Waals surface area contributed by atoms with E-state index in [9.17, 15) is 22.0 Å². The van der Waals surface area contributed by atoms with Crippen LogP contribution in [0.15, 0.2) is 65.8 Å². The van der Waals surface area contributed by atoms with Crippen LogP contribution in [0.2, 0.25) is 0 Å². The summed E-state index contributed by atoms with van der Waals surface area (Å²) >= 11 is 0. The summed E-state index contributed by atoms with van der Waals surface area (Å²) in [5.74, 6) is -1.11. The van der Waals surface area contributed by atoms with Crippen LogP contribution in [0.4, 0.5) is 8.78 Å². The van der Waals surface area contributed by atoms with Gasteiger partial charge in [0.2, 0.25) is 10.9 Å². The molecular formula is C27H28F2N4O4S. The summed E-state index contributed by atoms with van der Waals surface area (Å²) in [6, 6.07) is 9.73. The fourth-order valence-electron chi connectivity index (χ4n) is 4.06. The Morgan fingerprint density at radius 1 is 1.00 bits per heavy atom. The topological polar surface area (TPSA) is 95.2 Å². The van der Waals surface area contributed by atoms with E-state index in [-0.39, 0.29) is 23.6 Å². The van der Waals surface area contributed by atoms with Gasteiger partial charge in [0.1, 0.15) is 11.6 Å². The fourth-order valence-corrected chi connectivity index (χ4v) is 4.35. The molecule has 1 N–H and O–H groups in total. The summed E-state index contributed by atoms with van der Waals surface area (Å²) in [6.45, 7) is 5.04. The molecule has 0 spiro atoms. The molecule has 0 radical (unpaired) electrons. The van der Waals surface area contributed by atoms with Crippen LogP contribution in [0, 0.1) is 17.6 Å². The Bertz CT molecular complexity index is 1590.